The molecule has 1 N–H and O–H groups in total. The van der Waals surface area contributed by atoms with E-state index in [1.165, 1.54) is 4.31 Å². The van der Waals surface area contributed by atoms with Gasteiger partial charge in [-0.25, -0.2) is 13.4 Å². The summed E-state index contributed by atoms with van der Waals surface area (Å²) in [5.41, 5.74) is 0.900. The first kappa shape index (κ1) is 19.1. The number of hydrogen-bond acceptors (Lipinski definition) is 4. The van der Waals surface area contributed by atoms with E-state index in [1.807, 2.05) is 41.8 Å². The zero-order valence-electron chi connectivity index (χ0n) is 15.3. The summed E-state index contributed by atoms with van der Waals surface area (Å²) in [6.07, 6.45) is 5.97. The number of imidazole rings is 1. The summed E-state index contributed by atoms with van der Waals surface area (Å²) in [6.45, 7) is 4.14. The maximum atomic E-state index is 13.3. The number of aliphatic hydroxyl groups is 1. The van der Waals surface area contributed by atoms with Gasteiger partial charge in [-0.1, -0.05) is 37.3 Å². The van der Waals surface area contributed by atoms with E-state index in [-0.39, 0.29) is 30.1 Å². The van der Waals surface area contributed by atoms with Crippen molar-refractivity contribution in [1.82, 2.24) is 13.9 Å². The Kier molecular flexibility index (Phi) is 5.79. The predicted octanol–water partition coefficient (Wildman–Crippen LogP) is 2.82. The highest BCUT2D eigenvalue weighted by atomic mass is 32.2. The fraction of sp³-hybridized carbons (Fsp3) is 0.526. The van der Waals surface area contributed by atoms with Gasteiger partial charge in [0.05, 0.1) is 19.0 Å². The molecule has 0 radical (unpaired) electrons. The standard InChI is InChI=1S/C19H27N3O3S/c1-3-15(2)21-12-19(20-14-21)26(24,25)22(18(13-23)17-9-10-17)11-16-7-5-4-6-8-16/h4-8,12,14-15,17-18,23H,3,9-11,13H2,1-2H3. The van der Waals surface area contributed by atoms with Gasteiger partial charge in [-0.05, 0) is 37.7 Å². The van der Waals surface area contributed by atoms with Crippen LogP contribution in [-0.4, -0.2) is 40.0 Å². The molecular formula is C19H27N3O3S. The molecule has 1 fully saturated rings. The van der Waals surface area contributed by atoms with E-state index in [0.717, 1.165) is 24.8 Å². The molecule has 0 aliphatic heterocycles. The van der Waals surface area contributed by atoms with Crippen molar-refractivity contribution in [3.05, 3.63) is 48.4 Å². The Labute approximate surface area is 155 Å². The van der Waals surface area contributed by atoms with Crippen molar-refractivity contribution in [2.45, 2.75) is 56.8 Å². The summed E-state index contributed by atoms with van der Waals surface area (Å²) in [4.78, 5) is 4.17. The molecule has 1 aliphatic carbocycles. The zero-order chi connectivity index (χ0) is 18.7. The third kappa shape index (κ3) is 4.00. The summed E-state index contributed by atoms with van der Waals surface area (Å²) in [5, 5.41) is 9.94. The molecule has 1 aromatic carbocycles. The summed E-state index contributed by atoms with van der Waals surface area (Å²) >= 11 is 0. The number of aromatic nitrogens is 2. The lowest BCUT2D eigenvalue weighted by molar-refractivity contribution is 0.166. The fourth-order valence-corrected chi connectivity index (χ4v) is 4.71. The third-order valence-electron chi connectivity index (χ3n) is 5.15. The van der Waals surface area contributed by atoms with Gasteiger partial charge in [0.15, 0.2) is 5.03 Å². The normalized spacial score (nSPS) is 17.4. The largest absolute Gasteiger partial charge is 0.395 e. The van der Waals surface area contributed by atoms with Crippen LogP contribution in [0.3, 0.4) is 0 Å². The molecule has 7 heteroatoms. The van der Waals surface area contributed by atoms with Crippen LogP contribution in [0.1, 0.15) is 44.7 Å². The molecule has 1 aromatic heterocycles. The Morgan fingerprint density at radius 3 is 2.58 bits per heavy atom. The van der Waals surface area contributed by atoms with Gasteiger partial charge >= 0.3 is 0 Å². The van der Waals surface area contributed by atoms with E-state index in [0.29, 0.717) is 0 Å². The Bertz CT molecular complexity index is 816. The molecule has 1 aliphatic rings. The van der Waals surface area contributed by atoms with Crippen molar-refractivity contribution in [2.75, 3.05) is 6.61 Å². The first-order chi connectivity index (χ1) is 12.5. The quantitative estimate of drug-likeness (QED) is 0.729. The Hall–Kier alpha value is -1.70. The molecule has 0 bridgehead atoms. The minimum Gasteiger partial charge on any atom is -0.395 e. The van der Waals surface area contributed by atoms with Crippen LogP contribution in [0.15, 0.2) is 47.9 Å². The van der Waals surface area contributed by atoms with Crippen molar-refractivity contribution in [1.29, 1.82) is 0 Å². The lowest BCUT2D eigenvalue weighted by Gasteiger charge is -2.29. The van der Waals surface area contributed by atoms with Gasteiger partial charge in [0.2, 0.25) is 0 Å². The average molecular weight is 378 g/mol. The van der Waals surface area contributed by atoms with Gasteiger partial charge in [-0.15, -0.1) is 0 Å². The molecule has 2 unspecified atom stereocenters. The lowest BCUT2D eigenvalue weighted by atomic mass is 10.1. The third-order valence-corrected chi connectivity index (χ3v) is 6.91. The zero-order valence-corrected chi connectivity index (χ0v) is 16.1. The molecule has 0 amide bonds. The Morgan fingerprint density at radius 1 is 1.31 bits per heavy atom. The highest BCUT2D eigenvalue weighted by Crippen LogP contribution is 2.37. The van der Waals surface area contributed by atoms with Crippen LogP contribution in [0.4, 0.5) is 0 Å². The monoisotopic (exact) mass is 377 g/mol. The van der Waals surface area contributed by atoms with Crippen LogP contribution < -0.4 is 0 Å². The number of hydrogen-bond donors (Lipinski definition) is 1. The van der Waals surface area contributed by atoms with Gasteiger partial charge in [-0.2, -0.15) is 4.31 Å². The molecule has 6 nitrogen and oxygen atoms in total. The Balaban J connectivity index is 1.95. The van der Waals surface area contributed by atoms with Crippen molar-refractivity contribution in [2.24, 2.45) is 5.92 Å². The van der Waals surface area contributed by atoms with E-state index in [1.54, 1.807) is 12.5 Å². The smallest absolute Gasteiger partial charge is 0.262 e. The van der Waals surface area contributed by atoms with Crippen LogP contribution in [0.25, 0.3) is 0 Å². The van der Waals surface area contributed by atoms with Crippen molar-refractivity contribution < 1.29 is 13.5 Å². The molecule has 0 saturated heterocycles. The first-order valence-electron chi connectivity index (χ1n) is 9.17. The average Bonchev–Trinajstić information content (AvgIpc) is 3.35. The van der Waals surface area contributed by atoms with E-state index in [9.17, 15) is 13.5 Å². The summed E-state index contributed by atoms with van der Waals surface area (Å²) in [6, 6.07) is 9.27. The maximum Gasteiger partial charge on any atom is 0.262 e. The van der Waals surface area contributed by atoms with E-state index in [4.69, 9.17) is 0 Å². The minimum absolute atomic E-state index is 0.0489. The SMILES string of the molecule is CCC(C)n1cnc(S(=O)(=O)N(Cc2ccccc2)C(CO)C2CC2)c1. The van der Waals surface area contributed by atoms with Crippen LogP contribution in [0.5, 0.6) is 0 Å². The highest BCUT2D eigenvalue weighted by Gasteiger charge is 2.41. The van der Waals surface area contributed by atoms with Crippen LogP contribution >= 0.6 is 0 Å². The van der Waals surface area contributed by atoms with Gasteiger partial charge in [0.25, 0.3) is 10.0 Å². The predicted molar refractivity (Wildman–Crippen MR) is 100.0 cm³/mol. The summed E-state index contributed by atoms with van der Waals surface area (Å²) in [7, 11) is -3.80. The van der Waals surface area contributed by atoms with Crippen molar-refractivity contribution in [3.63, 3.8) is 0 Å². The molecule has 3 rings (SSSR count). The van der Waals surface area contributed by atoms with E-state index < -0.39 is 16.1 Å². The van der Waals surface area contributed by atoms with Crippen LogP contribution in [-0.2, 0) is 16.6 Å². The van der Waals surface area contributed by atoms with Crippen molar-refractivity contribution >= 4 is 10.0 Å². The number of benzene rings is 1. The number of nitrogens with zero attached hydrogens (tertiary/aromatic N) is 3. The maximum absolute atomic E-state index is 13.3. The second-order valence-corrected chi connectivity index (χ2v) is 8.88. The minimum atomic E-state index is -3.80. The molecule has 0 spiro atoms. The molecule has 2 aromatic rings. The topological polar surface area (TPSA) is 75.4 Å². The number of aliphatic hydroxyl groups excluding tert-OH is 1. The highest BCUT2D eigenvalue weighted by molar-refractivity contribution is 7.89. The molecule has 26 heavy (non-hydrogen) atoms. The van der Waals surface area contributed by atoms with Gasteiger partial charge in [-0.3, -0.25) is 0 Å². The second-order valence-electron chi connectivity index (χ2n) is 7.04. The summed E-state index contributed by atoms with van der Waals surface area (Å²) in [5.74, 6) is 0.218. The fourth-order valence-electron chi connectivity index (χ4n) is 3.12. The van der Waals surface area contributed by atoms with E-state index in [2.05, 4.69) is 11.9 Å². The van der Waals surface area contributed by atoms with Gasteiger partial charge in [0, 0.05) is 18.8 Å². The molecule has 142 valence electrons. The summed E-state index contributed by atoms with van der Waals surface area (Å²) < 4.78 is 29.9. The van der Waals surface area contributed by atoms with Gasteiger partial charge in [0.1, 0.15) is 0 Å². The first-order valence-corrected chi connectivity index (χ1v) is 10.6. The number of sulfonamides is 1. The molecule has 2 atom stereocenters. The second kappa shape index (κ2) is 7.90. The van der Waals surface area contributed by atoms with Crippen LogP contribution in [0.2, 0.25) is 0 Å². The number of rotatable bonds is 9. The molecule has 1 saturated carbocycles. The van der Waals surface area contributed by atoms with E-state index >= 15 is 0 Å². The van der Waals surface area contributed by atoms with Crippen LogP contribution in [0, 0.1) is 5.92 Å². The Morgan fingerprint density at radius 2 is 2.00 bits per heavy atom. The van der Waals surface area contributed by atoms with Gasteiger partial charge < -0.3 is 9.67 Å². The lowest BCUT2D eigenvalue weighted by Crippen LogP contribution is -2.43. The molecule has 1 heterocycles. The van der Waals surface area contributed by atoms with Crippen molar-refractivity contribution in [3.8, 4) is 0 Å². The molecular weight excluding hydrogens is 350 g/mol.